The van der Waals surface area contributed by atoms with E-state index < -0.39 is 0 Å². The van der Waals surface area contributed by atoms with Gasteiger partial charge in [-0.2, -0.15) is 0 Å². The fraction of sp³-hybridized carbons (Fsp3) is 0.267. The zero-order valence-electron chi connectivity index (χ0n) is 10.9. The van der Waals surface area contributed by atoms with Gasteiger partial charge in [-0.25, -0.2) is 0 Å². The van der Waals surface area contributed by atoms with E-state index in [-0.39, 0.29) is 18.5 Å². The molecule has 0 aliphatic heterocycles. The predicted molar refractivity (Wildman–Crippen MR) is 73.4 cm³/mol. The predicted octanol–water partition coefficient (Wildman–Crippen LogP) is 2.25. The molecule has 2 rings (SSSR count). The van der Waals surface area contributed by atoms with Crippen LogP contribution in [0.25, 0.3) is 0 Å². The van der Waals surface area contributed by atoms with Gasteiger partial charge >= 0.3 is 0 Å². The van der Waals surface area contributed by atoms with E-state index in [2.05, 4.69) is 10.6 Å². The van der Waals surface area contributed by atoms with Crippen molar-refractivity contribution in [2.24, 2.45) is 0 Å². The van der Waals surface area contributed by atoms with Crippen LogP contribution < -0.4 is 10.6 Å². The molecular weight excluding hydrogens is 240 g/mol. The molecule has 0 spiro atoms. The molecule has 4 nitrogen and oxygen atoms in total. The summed E-state index contributed by atoms with van der Waals surface area (Å²) in [6.07, 6.45) is 1.63. The summed E-state index contributed by atoms with van der Waals surface area (Å²) in [6, 6.07) is 13.6. The van der Waals surface area contributed by atoms with Crippen molar-refractivity contribution < 1.29 is 9.21 Å². The van der Waals surface area contributed by atoms with Gasteiger partial charge in [0.25, 0.3) is 0 Å². The molecule has 0 radical (unpaired) electrons. The summed E-state index contributed by atoms with van der Waals surface area (Å²) in [5, 5.41) is 5.98. The molecule has 1 aromatic heterocycles. The Bertz CT molecular complexity index is 494. The van der Waals surface area contributed by atoms with Crippen molar-refractivity contribution in [2.75, 3.05) is 6.54 Å². The average molecular weight is 258 g/mol. The molecule has 0 aliphatic rings. The minimum atomic E-state index is -0.0257. The van der Waals surface area contributed by atoms with Gasteiger partial charge in [0.15, 0.2) is 0 Å². The molecular formula is C15H18N2O2. The fourth-order valence-electron chi connectivity index (χ4n) is 1.74. The summed E-state index contributed by atoms with van der Waals surface area (Å²) in [6.45, 7) is 2.79. The molecule has 100 valence electrons. The number of hydrogen-bond donors (Lipinski definition) is 2. The summed E-state index contributed by atoms with van der Waals surface area (Å²) in [4.78, 5) is 11.7. The largest absolute Gasteiger partial charge is 0.468 e. The monoisotopic (exact) mass is 258 g/mol. The average Bonchev–Trinajstić information content (AvgIpc) is 2.98. The second kappa shape index (κ2) is 6.75. The molecule has 0 bridgehead atoms. The topological polar surface area (TPSA) is 54.3 Å². The normalized spacial score (nSPS) is 12.1. The van der Waals surface area contributed by atoms with Crippen LogP contribution in [0.4, 0.5) is 0 Å². The summed E-state index contributed by atoms with van der Waals surface area (Å²) >= 11 is 0. The van der Waals surface area contributed by atoms with Gasteiger partial charge in [-0.15, -0.1) is 0 Å². The lowest BCUT2D eigenvalue weighted by Crippen LogP contribution is -2.34. The van der Waals surface area contributed by atoms with Gasteiger partial charge in [-0.1, -0.05) is 30.3 Å². The van der Waals surface area contributed by atoms with Crippen LogP contribution in [0.5, 0.6) is 0 Å². The lowest BCUT2D eigenvalue weighted by molar-refractivity contribution is -0.120. The third kappa shape index (κ3) is 4.26. The second-order valence-corrected chi connectivity index (χ2v) is 4.38. The van der Waals surface area contributed by atoms with Gasteiger partial charge in [0.2, 0.25) is 5.91 Å². The van der Waals surface area contributed by atoms with Crippen molar-refractivity contribution in [3.05, 3.63) is 60.1 Å². The lowest BCUT2D eigenvalue weighted by Gasteiger charge is -2.11. The van der Waals surface area contributed by atoms with Crippen LogP contribution in [0.2, 0.25) is 0 Å². The molecule has 0 saturated carbocycles. The molecule has 1 aromatic carbocycles. The SMILES string of the molecule is CC(NCC(=O)NCc1ccccc1)c1ccco1. The van der Waals surface area contributed by atoms with E-state index in [1.54, 1.807) is 6.26 Å². The number of carbonyl (C=O) groups excluding carboxylic acids is 1. The van der Waals surface area contributed by atoms with Gasteiger partial charge in [0.1, 0.15) is 5.76 Å². The molecule has 0 aliphatic carbocycles. The van der Waals surface area contributed by atoms with E-state index in [4.69, 9.17) is 4.42 Å². The summed E-state index contributed by atoms with van der Waals surface area (Å²) in [5.41, 5.74) is 1.09. The van der Waals surface area contributed by atoms with E-state index in [0.717, 1.165) is 11.3 Å². The molecule has 1 amide bonds. The maximum absolute atomic E-state index is 11.7. The Morgan fingerprint density at radius 1 is 1.21 bits per heavy atom. The Hall–Kier alpha value is -2.07. The van der Waals surface area contributed by atoms with Crippen molar-refractivity contribution in [1.29, 1.82) is 0 Å². The maximum atomic E-state index is 11.7. The quantitative estimate of drug-likeness (QED) is 0.835. The zero-order chi connectivity index (χ0) is 13.5. The summed E-state index contributed by atoms with van der Waals surface area (Å²) in [5.74, 6) is 0.804. The standard InChI is InChI=1S/C15H18N2O2/c1-12(14-8-5-9-19-14)16-11-15(18)17-10-13-6-3-2-4-7-13/h2-9,12,16H,10-11H2,1H3,(H,17,18). The minimum Gasteiger partial charge on any atom is -0.468 e. The van der Waals surface area contributed by atoms with Crippen molar-refractivity contribution in [2.45, 2.75) is 19.5 Å². The fourth-order valence-corrected chi connectivity index (χ4v) is 1.74. The first kappa shape index (κ1) is 13.4. The van der Waals surface area contributed by atoms with Gasteiger partial charge < -0.3 is 9.73 Å². The van der Waals surface area contributed by atoms with Crippen LogP contribution in [-0.4, -0.2) is 12.5 Å². The molecule has 0 fully saturated rings. The Balaban J connectivity index is 1.70. The number of carbonyl (C=O) groups is 1. The van der Waals surface area contributed by atoms with Crippen LogP contribution in [-0.2, 0) is 11.3 Å². The highest BCUT2D eigenvalue weighted by atomic mass is 16.3. The van der Waals surface area contributed by atoms with E-state index in [0.29, 0.717) is 6.54 Å². The molecule has 1 atom stereocenters. The number of furan rings is 1. The number of nitrogens with one attached hydrogen (secondary N) is 2. The van der Waals surface area contributed by atoms with E-state index in [1.807, 2.05) is 49.4 Å². The van der Waals surface area contributed by atoms with Crippen LogP contribution in [0.3, 0.4) is 0 Å². The van der Waals surface area contributed by atoms with Crippen LogP contribution in [0.15, 0.2) is 53.1 Å². The van der Waals surface area contributed by atoms with Crippen molar-refractivity contribution in [3.63, 3.8) is 0 Å². The zero-order valence-corrected chi connectivity index (χ0v) is 10.9. The number of benzene rings is 1. The van der Waals surface area contributed by atoms with Gasteiger partial charge in [-0.05, 0) is 24.6 Å². The Morgan fingerprint density at radius 3 is 2.68 bits per heavy atom. The Morgan fingerprint density at radius 2 is 2.00 bits per heavy atom. The molecule has 0 saturated heterocycles. The first-order chi connectivity index (χ1) is 9.25. The first-order valence-corrected chi connectivity index (χ1v) is 6.33. The van der Waals surface area contributed by atoms with E-state index >= 15 is 0 Å². The van der Waals surface area contributed by atoms with E-state index in [9.17, 15) is 4.79 Å². The minimum absolute atomic E-state index is 0.0254. The summed E-state index contributed by atoms with van der Waals surface area (Å²) < 4.78 is 5.26. The van der Waals surface area contributed by atoms with Crippen molar-refractivity contribution in [3.8, 4) is 0 Å². The number of rotatable bonds is 6. The van der Waals surface area contributed by atoms with Crippen LogP contribution in [0.1, 0.15) is 24.3 Å². The molecule has 2 aromatic rings. The molecule has 19 heavy (non-hydrogen) atoms. The Labute approximate surface area is 112 Å². The molecule has 4 heteroatoms. The number of amides is 1. The second-order valence-electron chi connectivity index (χ2n) is 4.38. The van der Waals surface area contributed by atoms with Crippen LogP contribution >= 0.6 is 0 Å². The smallest absolute Gasteiger partial charge is 0.234 e. The van der Waals surface area contributed by atoms with E-state index in [1.165, 1.54) is 0 Å². The Kier molecular flexibility index (Phi) is 4.75. The molecule has 1 unspecified atom stereocenters. The highest BCUT2D eigenvalue weighted by Crippen LogP contribution is 2.11. The van der Waals surface area contributed by atoms with Gasteiger partial charge in [-0.3, -0.25) is 10.1 Å². The highest BCUT2D eigenvalue weighted by molar-refractivity contribution is 5.78. The first-order valence-electron chi connectivity index (χ1n) is 6.33. The third-order valence-corrected chi connectivity index (χ3v) is 2.87. The molecule has 1 heterocycles. The lowest BCUT2D eigenvalue weighted by atomic mass is 10.2. The van der Waals surface area contributed by atoms with Crippen molar-refractivity contribution >= 4 is 5.91 Å². The number of hydrogen-bond acceptors (Lipinski definition) is 3. The van der Waals surface area contributed by atoms with Crippen LogP contribution in [0, 0.1) is 0 Å². The van der Waals surface area contributed by atoms with Crippen molar-refractivity contribution in [1.82, 2.24) is 10.6 Å². The maximum Gasteiger partial charge on any atom is 0.234 e. The van der Waals surface area contributed by atoms with Gasteiger partial charge in [0, 0.05) is 6.54 Å². The van der Waals surface area contributed by atoms with Gasteiger partial charge in [0.05, 0.1) is 18.8 Å². The molecule has 2 N–H and O–H groups in total. The summed E-state index contributed by atoms with van der Waals surface area (Å²) in [7, 11) is 0. The third-order valence-electron chi connectivity index (χ3n) is 2.87. The highest BCUT2D eigenvalue weighted by Gasteiger charge is 2.09.